The van der Waals surface area contributed by atoms with E-state index < -0.39 is 6.04 Å². The normalized spacial score (nSPS) is 21.0. The van der Waals surface area contributed by atoms with Crippen molar-refractivity contribution in [2.75, 3.05) is 38.2 Å². The summed E-state index contributed by atoms with van der Waals surface area (Å²) in [6, 6.07) is 7.75. The molecule has 7 heteroatoms. The maximum Gasteiger partial charge on any atom is 0.239 e. The Morgan fingerprint density at radius 1 is 1.23 bits per heavy atom. The van der Waals surface area contributed by atoms with E-state index >= 15 is 0 Å². The summed E-state index contributed by atoms with van der Waals surface area (Å²) < 4.78 is 5.95. The number of nitrogens with one attached hydrogen (secondary N) is 1. The van der Waals surface area contributed by atoms with Gasteiger partial charge < -0.3 is 20.7 Å². The Bertz CT molecular complexity index is 735. The van der Waals surface area contributed by atoms with Crippen molar-refractivity contribution in [3.05, 3.63) is 29.8 Å². The lowest BCUT2D eigenvalue weighted by Crippen LogP contribution is -2.53. The average molecular weight is 448 g/mol. The first-order valence-corrected chi connectivity index (χ1v) is 13.0. The number of thioether (sulfide) groups is 1. The molecule has 1 atom stereocenters. The lowest BCUT2D eigenvalue weighted by Gasteiger charge is -2.41. The molecule has 0 aromatic heterocycles. The van der Waals surface area contributed by atoms with Crippen LogP contribution in [0.25, 0.3) is 0 Å². The first-order chi connectivity index (χ1) is 15.1. The third-order valence-electron chi connectivity index (χ3n) is 6.68. The van der Waals surface area contributed by atoms with Crippen LogP contribution in [-0.2, 0) is 16.0 Å². The van der Waals surface area contributed by atoms with E-state index in [1.807, 2.05) is 23.3 Å². The summed E-state index contributed by atoms with van der Waals surface area (Å²) in [6.07, 6.45) is 9.22. The number of carbonyl (C=O) groups excluding carboxylic acids is 2. The molecule has 172 valence electrons. The van der Waals surface area contributed by atoms with E-state index in [1.165, 1.54) is 5.56 Å². The highest BCUT2D eigenvalue weighted by atomic mass is 32.2. The molecule has 0 unspecified atom stereocenters. The van der Waals surface area contributed by atoms with Crippen molar-refractivity contribution in [2.24, 2.45) is 11.1 Å². The van der Waals surface area contributed by atoms with Gasteiger partial charge in [-0.3, -0.25) is 9.59 Å². The van der Waals surface area contributed by atoms with Gasteiger partial charge in [0.15, 0.2) is 0 Å². The second-order valence-corrected chi connectivity index (χ2v) is 9.75. The van der Waals surface area contributed by atoms with E-state index in [0.717, 1.165) is 43.6 Å². The molecule has 0 bridgehead atoms. The minimum absolute atomic E-state index is 0.0279. The lowest BCUT2D eigenvalue weighted by molar-refractivity contribution is -0.141. The number of nitrogens with zero attached hydrogens (tertiary/aromatic N) is 1. The highest BCUT2D eigenvalue weighted by molar-refractivity contribution is 7.98. The van der Waals surface area contributed by atoms with Crippen LogP contribution in [0.3, 0.4) is 0 Å². The van der Waals surface area contributed by atoms with Crippen molar-refractivity contribution in [3.63, 3.8) is 0 Å². The fraction of sp³-hybridized carbons (Fsp3) is 0.667. The highest BCUT2D eigenvalue weighted by Crippen LogP contribution is 2.37. The zero-order valence-electron chi connectivity index (χ0n) is 18.7. The Kier molecular flexibility index (Phi) is 9.08. The quantitative estimate of drug-likeness (QED) is 0.741. The second-order valence-electron chi connectivity index (χ2n) is 8.77. The van der Waals surface area contributed by atoms with Gasteiger partial charge in [-0.1, -0.05) is 31.0 Å². The summed E-state index contributed by atoms with van der Waals surface area (Å²) in [4.78, 5) is 27.7. The van der Waals surface area contributed by atoms with Crippen LogP contribution in [0.2, 0.25) is 0 Å². The predicted molar refractivity (Wildman–Crippen MR) is 126 cm³/mol. The van der Waals surface area contributed by atoms with Gasteiger partial charge in [0.05, 0.1) is 18.0 Å². The van der Waals surface area contributed by atoms with Crippen molar-refractivity contribution in [1.29, 1.82) is 0 Å². The second kappa shape index (κ2) is 11.8. The molecule has 1 aromatic rings. The minimum Gasteiger partial charge on any atom is -0.491 e. The third kappa shape index (κ3) is 6.39. The van der Waals surface area contributed by atoms with Crippen molar-refractivity contribution in [2.45, 2.75) is 57.4 Å². The molecule has 3 N–H and O–H groups in total. The molecule has 1 saturated heterocycles. The number of rotatable bonds is 4. The number of nitrogens with two attached hydrogens (primary N) is 1. The smallest absolute Gasteiger partial charge is 0.239 e. The van der Waals surface area contributed by atoms with Crippen LogP contribution in [0.5, 0.6) is 5.75 Å². The summed E-state index contributed by atoms with van der Waals surface area (Å²) in [5.41, 5.74) is 6.96. The van der Waals surface area contributed by atoms with Gasteiger partial charge in [0.1, 0.15) is 12.4 Å². The van der Waals surface area contributed by atoms with Gasteiger partial charge in [0.25, 0.3) is 0 Å². The Morgan fingerprint density at radius 3 is 2.77 bits per heavy atom. The van der Waals surface area contributed by atoms with E-state index in [9.17, 15) is 9.59 Å². The number of para-hydroxylation sites is 1. The number of likely N-dealkylation sites (tertiary alicyclic amines) is 1. The number of carbonyl (C=O) groups is 2. The van der Waals surface area contributed by atoms with E-state index in [4.69, 9.17) is 10.5 Å². The van der Waals surface area contributed by atoms with Gasteiger partial charge in [0, 0.05) is 13.1 Å². The summed E-state index contributed by atoms with van der Waals surface area (Å²) in [7, 11) is 0. The zero-order valence-corrected chi connectivity index (χ0v) is 19.6. The van der Waals surface area contributed by atoms with Gasteiger partial charge in [-0.25, -0.2) is 0 Å². The topological polar surface area (TPSA) is 84.7 Å². The van der Waals surface area contributed by atoms with E-state index in [2.05, 4.69) is 17.4 Å². The SMILES string of the molecule is CSCC[C@H](N)C(=O)N1CCC2(CCCCCc3ccccc3OCCNC2=O)CC1. The molecule has 1 fully saturated rings. The molecule has 2 aliphatic rings. The number of amides is 2. The van der Waals surface area contributed by atoms with Crippen LogP contribution >= 0.6 is 11.8 Å². The monoisotopic (exact) mass is 447 g/mol. The van der Waals surface area contributed by atoms with Crippen molar-refractivity contribution >= 4 is 23.6 Å². The number of aryl methyl sites for hydroxylation is 1. The molecule has 1 aromatic carbocycles. The van der Waals surface area contributed by atoms with Gasteiger partial charge >= 0.3 is 0 Å². The molecule has 3 rings (SSSR count). The van der Waals surface area contributed by atoms with Crippen LogP contribution in [0.4, 0.5) is 0 Å². The first kappa shape index (κ1) is 23.9. The Hall–Kier alpha value is -1.73. The van der Waals surface area contributed by atoms with Gasteiger partial charge in [-0.2, -0.15) is 11.8 Å². The largest absolute Gasteiger partial charge is 0.491 e. The molecule has 0 radical (unpaired) electrons. The number of hydrogen-bond donors (Lipinski definition) is 2. The number of hydrogen-bond acceptors (Lipinski definition) is 5. The number of fused-ring (bicyclic) bond motifs is 1. The molecule has 2 aliphatic heterocycles. The number of ether oxygens (including phenoxy) is 1. The summed E-state index contributed by atoms with van der Waals surface area (Å²) in [5.74, 6) is 1.96. The van der Waals surface area contributed by atoms with Crippen LogP contribution in [-0.4, -0.2) is 61.0 Å². The van der Waals surface area contributed by atoms with Gasteiger partial charge in [-0.05, 0) is 62.2 Å². The maximum absolute atomic E-state index is 13.2. The van der Waals surface area contributed by atoms with Crippen molar-refractivity contribution < 1.29 is 14.3 Å². The van der Waals surface area contributed by atoms with E-state index in [-0.39, 0.29) is 17.2 Å². The summed E-state index contributed by atoms with van der Waals surface area (Å²) in [6.45, 7) is 2.19. The van der Waals surface area contributed by atoms with Crippen LogP contribution in [0, 0.1) is 5.41 Å². The van der Waals surface area contributed by atoms with Gasteiger partial charge in [0.2, 0.25) is 11.8 Å². The molecule has 1 spiro atoms. The van der Waals surface area contributed by atoms with E-state index in [1.54, 1.807) is 11.8 Å². The predicted octanol–water partition coefficient (Wildman–Crippen LogP) is 2.99. The molecule has 2 heterocycles. The zero-order chi connectivity index (χ0) is 22.1. The molecule has 31 heavy (non-hydrogen) atoms. The van der Waals surface area contributed by atoms with Crippen LogP contribution < -0.4 is 15.8 Å². The molecule has 6 nitrogen and oxygen atoms in total. The molecule has 0 saturated carbocycles. The van der Waals surface area contributed by atoms with Crippen molar-refractivity contribution in [3.8, 4) is 5.75 Å². The number of benzene rings is 1. The standard InChI is InChI=1S/C24H37N3O3S/c1-31-18-10-20(25)22(28)27-15-12-24(13-16-27)11-6-2-3-7-19-8-4-5-9-21(19)30-17-14-26-23(24)29/h4-5,8-9,20H,2-3,6-7,10-18,25H2,1H3,(H,26,29)/t20-/m0/s1. The Balaban J connectivity index is 1.60. The third-order valence-corrected chi connectivity index (χ3v) is 7.33. The van der Waals surface area contributed by atoms with Crippen molar-refractivity contribution in [1.82, 2.24) is 10.2 Å². The summed E-state index contributed by atoms with van der Waals surface area (Å²) in [5, 5.41) is 3.11. The maximum atomic E-state index is 13.2. The first-order valence-electron chi connectivity index (χ1n) is 11.6. The fourth-order valence-electron chi connectivity index (χ4n) is 4.67. The highest BCUT2D eigenvalue weighted by Gasteiger charge is 2.42. The van der Waals surface area contributed by atoms with Crippen LogP contribution in [0.1, 0.15) is 50.5 Å². The Morgan fingerprint density at radius 2 is 2.00 bits per heavy atom. The van der Waals surface area contributed by atoms with Crippen LogP contribution in [0.15, 0.2) is 24.3 Å². The minimum atomic E-state index is -0.436. The Labute approximate surface area is 190 Å². The molecule has 0 aliphatic carbocycles. The fourth-order valence-corrected chi connectivity index (χ4v) is 5.16. The lowest BCUT2D eigenvalue weighted by atomic mass is 9.73. The average Bonchev–Trinajstić information content (AvgIpc) is 2.81. The summed E-state index contributed by atoms with van der Waals surface area (Å²) >= 11 is 1.71. The van der Waals surface area contributed by atoms with Gasteiger partial charge in [-0.15, -0.1) is 0 Å². The molecular weight excluding hydrogens is 410 g/mol. The number of piperidine rings is 1. The molecule has 2 amide bonds. The van der Waals surface area contributed by atoms with E-state index in [0.29, 0.717) is 45.5 Å². The molecular formula is C24H37N3O3S.